The average molecular weight is 184 g/mol. The number of nitrogens with two attached hydrogens (primary N) is 1. The van der Waals surface area contributed by atoms with Gasteiger partial charge in [0.05, 0.1) is 0 Å². The van der Waals surface area contributed by atoms with Crippen LogP contribution in [0.15, 0.2) is 0 Å². The van der Waals surface area contributed by atoms with Crippen LogP contribution in [0.5, 0.6) is 0 Å². The molecule has 0 aromatic heterocycles. The van der Waals surface area contributed by atoms with Gasteiger partial charge in [-0.2, -0.15) is 0 Å². The number of rotatable bonds is 4. The van der Waals surface area contributed by atoms with E-state index in [2.05, 4.69) is 0 Å². The SMILES string of the molecule is NCCCCN1C(=O)CCCC1=O. The molecule has 2 N–H and O–H groups in total. The molecule has 0 aromatic rings. The van der Waals surface area contributed by atoms with Crippen LogP contribution in [0, 0.1) is 0 Å². The molecule has 0 saturated carbocycles. The first kappa shape index (κ1) is 10.2. The van der Waals surface area contributed by atoms with Gasteiger partial charge in [-0.1, -0.05) is 0 Å². The third kappa shape index (κ3) is 2.81. The van der Waals surface area contributed by atoms with Gasteiger partial charge in [0.25, 0.3) is 0 Å². The van der Waals surface area contributed by atoms with E-state index in [4.69, 9.17) is 5.73 Å². The summed E-state index contributed by atoms with van der Waals surface area (Å²) in [5.74, 6) is -0.0402. The second-order valence-electron chi connectivity index (χ2n) is 3.29. The van der Waals surface area contributed by atoms with Crippen LogP contribution in [-0.2, 0) is 9.59 Å². The molecule has 13 heavy (non-hydrogen) atoms. The third-order valence-electron chi connectivity index (χ3n) is 2.22. The summed E-state index contributed by atoms with van der Waals surface area (Å²) in [5.41, 5.74) is 5.33. The Morgan fingerprint density at radius 2 is 1.77 bits per heavy atom. The molecule has 1 aliphatic heterocycles. The molecule has 1 heterocycles. The predicted octanol–water partition coefficient (Wildman–Crippen LogP) is 0.264. The first-order chi connectivity index (χ1) is 6.25. The van der Waals surface area contributed by atoms with Crippen LogP contribution in [0.1, 0.15) is 32.1 Å². The fourth-order valence-electron chi connectivity index (χ4n) is 1.46. The number of piperidine rings is 1. The largest absolute Gasteiger partial charge is 0.330 e. The van der Waals surface area contributed by atoms with Crippen molar-refractivity contribution in [1.82, 2.24) is 4.90 Å². The molecule has 1 saturated heterocycles. The Bertz CT molecular complexity index is 188. The molecule has 0 aliphatic carbocycles. The molecule has 0 atom stereocenters. The number of nitrogens with zero attached hydrogens (tertiary/aromatic N) is 1. The normalized spacial score (nSPS) is 18.1. The standard InChI is InChI=1S/C9H16N2O2/c10-6-1-2-7-11-8(12)4-3-5-9(11)13/h1-7,10H2. The van der Waals surface area contributed by atoms with Gasteiger partial charge in [-0.25, -0.2) is 0 Å². The Labute approximate surface area is 78.1 Å². The second-order valence-corrected chi connectivity index (χ2v) is 3.29. The van der Waals surface area contributed by atoms with Gasteiger partial charge < -0.3 is 5.73 Å². The smallest absolute Gasteiger partial charge is 0.229 e. The number of likely N-dealkylation sites (tertiary alicyclic amines) is 1. The molecule has 0 bridgehead atoms. The Balaban J connectivity index is 2.35. The molecule has 4 heteroatoms. The fraction of sp³-hybridized carbons (Fsp3) is 0.778. The maximum Gasteiger partial charge on any atom is 0.229 e. The molecule has 2 amide bonds. The summed E-state index contributed by atoms with van der Waals surface area (Å²) >= 11 is 0. The van der Waals surface area contributed by atoms with Crippen LogP contribution in [0.3, 0.4) is 0 Å². The Hall–Kier alpha value is -0.900. The lowest BCUT2D eigenvalue weighted by Crippen LogP contribution is -2.40. The molecule has 74 valence electrons. The van der Waals surface area contributed by atoms with Crippen molar-refractivity contribution < 1.29 is 9.59 Å². The van der Waals surface area contributed by atoms with Crippen molar-refractivity contribution >= 4 is 11.8 Å². The number of unbranched alkanes of at least 4 members (excludes halogenated alkanes) is 1. The third-order valence-corrected chi connectivity index (χ3v) is 2.22. The number of hydrogen-bond acceptors (Lipinski definition) is 3. The van der Waals surface area contributed by atoms with E-state index in [1.807, 2.05) is 0 Å². The summed E-state index contributed by atoms with van der Waals surface area (Å²) in [5, 5.41) is 0. The quantitative estimate of drug-likeness (QED) is 0.503. The maximum atomic E-state index is 11.3. The van der Waals surface area contributed by atoms with Gasteiger partial charge in [-0.05, 0) is 25.8 Å². The van der Waals surface area contributed by atoms with E-state index < -0.39 is 0 Å². The van der Waals surface area contributed by atoms with Crippen molar-refractivity contribution in [2.75, 3.05) is 13.1 Å². The molecule has 4 nitrogen and oxygen atoms in total. The van der Waals surface area contributed by atoms with E-state index in [0.29, 0.717) is 32.4 Å². The molecule has 0 spiro atoms. The summed E-state index contributed by atoms with van der Waals surface area (Å²) in [6.07, 6.45) is 3.46. The van der Waals surface area contributed by atoms with Crippen LogP contribution in [-0.4, -0.2) is 29.8 Å². The number of imide groups is 1. The van der Waals surface area contributed by atoms with Gasteiger partial charge in [-0.15, -0.1) is 0 Å². The Morgan fingerprint density at radius 1 is 1.15 bits per heavy atom. The predicted molar refractivity (Wildman–Crippen MR) is 48.9 cm³/mol. The van der Waals surface area contributed by atoms with Crippen molar-refractivity contribution in [2.24, 2.45) is 5.73 Å². The minimum Gasteiger partial charge on any atom is -0.330 e. The highest BCUT2D eigenvalue weighted by Gasteiger charge is 2.24. The van der Waals surface area contributed by atoms with Crippen LogP contribution in [0.4, 0.5) is 0 Å². The van der Waals surface area contributed by atoms with Gasteiger partial charge in [0.2, 0.25) is 11.8 Å². The number of amides is 2. The molecule has 0 radical (unpaired) electrons. The highest BCUT2D eigenvalue weighted by molar-refractivity contribution is 5.97. The molecule has 1 aliphatic rings. The Morgan fingerprint density at radius 3 is 2.31 bits per heavy atom. The van der Waals surface area contributed by atoms with E-state index >= 15 is 0 Å². The minimum atomic E-state index is -0.0201. The van der Waals surface area contributed by atoms with Gasteiger partial charge in [0, 0.05) is 19.4 Å². The minimum absolute atomic E-state index is 0.0201. The maximum absolute atomic E-state index is 11.3. The monoisotopic (exact) mass is 184 g/mol. The zero-order valence-corrected chi connectivity index (χ0v) is 7.79. The second kappa shape index (κ2) is 4.97. The summed E-state index contributed by atoms with van der Waals surface area (Å²) in [4.78, 5) is 23.9. The van der Waals surface area contributed by atoms with E-state index in [0.717, 1.165) is 12.8 Å². The first-order valence-electron chi connectivity index (χ1n) is 4.79. The first-order valence-corrected chi connectivity index (χ1v) is 4.79. The molecule has 0 aromatic carbocycles. The highest BCUT2D eigenvalue weighted by Crippen LogP contribution is 2.12. The van der Waals surface area contributed by atoms with E-state index in [1.165, 1.54) is 4.90 Å². The topological polar surface area (TPSA) is 63.4 Å². The van der Waals surface area contributed by atoms with Crippen molar-refractivity contribution in [3.8, 4) is 0 Å². The van der Waals surface area contributed by atoms with Crippen LogP contribution in [0.2, 0.25) is 0 Å². The fourth-order valence-corrected chi connectivity index (χ4v) is 1.46. The van der Waals surface area contributed by atoms with Crippen LogP contribution >= 0.6 is 0 Å². The van der Waals surface area contributed by atoms with Crippen molar-refractivity contribution in [3.63, 3.8) is 0 Å². The van der Waals surface area contributed by atoms with E-state index in [9.17, 15) is 9.59 Å². The van der Waals surface area contributed by atoms with E-state index in [1.54, 1.807) is 0 Å². The molecule has 1 rings (SSSR count). The summed E-state index contributed by atoms with van der Waals surface area (Å²) in [6, 6.07) is 0. The van der Waals surface area contributed by atoms with Crippen molar-refractivity contribution in [1.29, 1.82) is 0 Å². The van der Waals surface area contributed by atoms with Crippen molar-refractivity contribution in [3.05, 3.63) is 0 Å². The van der Waals surface area contributed by atoms with Crippen LogP contribution < -0.4 is 5.73 Å². The summed E-state index contributed by atoms with van der Waals surface area (Å²) in [7, 11) is 0. The zero-order chi connectivity index (χ0) is 9.68. The van der Waals surface area contributed by atoms with Gasteiger partial charge in [0.15, 0.2) is 0 Å². The van der Waals surface area contributed by atoms with Gasteiger partial charge in [-0.3, -0.25) is 14.5 Å². The lowest BCUT2D eigenvalue weighted by Gasteiger charge is -2.24. The molecule has 1 fully saturated rings. The van der Waals surface area contributed by atoms with Crippen LogP contribution in [0.25, 0.3) is 0 Å². The lowest BCUT2D eigenvalue weighted by atomic mass is 10.1. The van der Waals surface area contributed by atoms with Gasteiger partial charge in [0.1, 0.15) is 0 Å². The summed E-state index contributed by atoms with van der Waals surface area (Å²) in [6.45, 7) is 1.17. The molecule has 0 unspecified atom stereocenters. The number of carbonyl (C=O) groups excluding carboxylic acids is 2. The molecular weight excluding hydrogens is 168 g/mol. The highest BCUT2D eigenvalue weighted by atomic mass is 16.2. The number of carbonyl (C=O) groups is 2. The van der Waals surface area contributed by atoms with Gasteiger partial charge >= 0.3 is 0 Å². The number of hydrogen-bond donors (Lipinski definition) is 1. The molecular formula is C9H16N2O2. The Kier molecular flexibility index (Phi) is 3.89. The summed E-state index contributed by atoms with van der Waals surface area (Å²) < 4.78 is 0. The zero-order valence-electron chi connectivity index (χ0n) is 7.79. The average Bonchev–Trinajstić information content (AvgIpc) is 2.10. The lowest BCUT2D eigenvalue weighted by molar-refractivity contribution is -0.147. The van der Waals surface area contributed by atoms with E-state index in [-0.39, 0.29) is 11.8 Å². The van der Waals surface area contributed by atoms with Crippen molar-refractivity contribution in [2.45, 2.75) is 32.1 Å².